The van der Waals surface area contributed by atoms with Gasteiger partial charge in [-0.25, -0.2) is 4.79 Å². The molecule has 0 aliphatic heterocycles. The highest BCUT2D eigenvalue weighted by Gasteiger charge is 2.18. The zero-order valence-electron chi connectivity index (χ0n) is 17.7. The maximum Gasteiger partial charge on any atom is 0.344 e. The molecule has 1 amide bonds. The molecule has 0 saturated heterocycles. The van der Waals surface area contributed by atoms with Gasteiger partial charge in [0, 0.05) is 5.56 Å². The fourth-order valence-corrected chi connectivity index (χ4v) is 2.54. The molecule has 2 aromatic carbocycles. The van der Waals surface area contributed by atoms with E-state index in [4.69, 9.17) is 18.9 Å². The second-order valence-electron chi connectivity index (χ2n) is 6.29. The highest BCUT2D eigenvalue weighted by molar-refractivity contribution is 5.95. The highest BCUT2D eigenvalue weighted by atomic mass is 16.6. The van der Waals surface area contributed by atoms with Crippen LogP contribution in [0, 0.1) is 10.1 Å². The Balaban J connectivity index is 1.90. The third kappa shape index (κ3) is 6.69. The smallest absolute Gasteiger partial charge is 0.344 e. The Morgan fingerprint density at radius 3 is 2.41 bits per heavy atom. The zero-order valence-corrected chi connectivity index (χ0v) is 17.7. The van der Waals surface area contributed by atoms with Gasteiger partial charge in [0.25, 0.3) is 11.6 Å². The van der Waals surface area contributed by atoms with Gasteiger partial charge in [-0.2, -0.15) is 0 Å². The van der Waals surface area contributed by atoms with E-state index in [0.29, 0.717) is 12.2 Å². The lowest BCUT2D eigenvalue weighted by molar-refractivity contribution is -0.384. The van der Waals surface area contributed by atoms with Crippen molar-refractivity contribution in [2.24, 2.45) is 0 Å². The number of ether oxygens (including phenoxy) is 4. The number of ketones is 1. The number of nitro groups is 1. The van der Waals surface area contributed by atoms with Gasteiger partial charge in [-0.15, -0.1) is 0 Å². The molecule has 0 saturated carbocycles. The molecular weight excluding hydrogens is 424 g/mol. The van der Waals surface area contributed by atoms with E-state index < -0.39 is 30.0 Å². The van der Waals surface area contributed by atoms with Crippen LogP contribution in [-0.4, -0.2) is 49.5 Å². The number of anilines is 1. The number of hydrogen-bond acceptors (Lipinski definition) is 9. The Hall–Kier alpha value is -4.15. The summed E-state index contributed by atoms with van der Waals surface area (Å²) < 4.78 is 20.5. The molecule has 0 aliphatic rings. The molecule has 0 radical (unpaired) electrons. The van der Waals surface area contributed by atoms with Crippen molar-refractivity contribution < 1.29 is 38.3 Å². The summed E-state index contributed by atoms with van der Waals surface area (Å²) in [5.74, 6) is -1.02. The van der Waals surface area contributed by atoms with E-state index in [1.165, 1.54) is 50.4 Å². The van der Waals surface area contributed by atoms with Gasteiger partial charge in [-0.05, 0) is 44.2 Å². The number of carbonyl (C=O) groups excluding carboxylic acids is 3. The first-order valence-corrected chi connectivity index (χ1v) is 9.43. The molecular formula is C21H22N2O9. The molecule has 32 heavy (non-hydrogen) atoms. The number of carbonyl (C=O) groups is 3. The van der Waals surface area contributed by atoms with E-state index in [-0.39, 0.29) is 34.4 Å². The van der Waals surface area contributed by atoms with E-state index >= 15 is 0 Å². The number of nitrogens with one attached hydrogen (secondary N) is 1. The molecule has 170 valence electrons. The molecule has 1 N–H and O–H groups in total. The average molecular weight is 446 g/mol. The minimum atomic E-state index is -0.848. The second kappa shape index (κ2) is 11.3. The minimum Gasteiger partial charge on any atom is -0.494 e. The van der Waals surface area contributed by atoms with Crippen LogP contribution in [0.15, 0.2) is 36.4 Å². The lowest BCUT2D eigenvalue weighted by Gasteiger charge is -2.11. The number of benzene rings is 2. The lowest BCUT2D eigenvalue weighted by atomic mass is 10.1. The predicted molar refractivity (Wildman–Crippen MR) is 112 cm³/mol. The number of rotatable bonds is 11. The average Bonchev–Trinajstić information content (AvgIpc) is 2.77. The summed E-state index contributed by atoms with van der Waals surface area (Å²) in [5.41, 5.74) is -0.0112. The number of Topliss-reactive ketones (excluding diaryl/α,β-unsaturated/α-hetero) is 1. The number of amides is 1. The summed E-state index contributed by atoms with van der Waals surface area (Å²) in [6.45, 7) is 2.27. The Labute approximate surface area is 183 Å². The van der Waals surface area contributed by atoms with Crippen LogP contribution < -0.4 is 19.5 Å². The summed E-state index contributed by atoms with van der Waals surface area (Å²) in [7, 11) is 1.38. The summed E-state index contributed by atoms with van der Waals surface area (Å²) in [4.78, 5) is 45.9. The van der Waals surface area contributed by atoms with Crippen molar-refractivity contribution in [1.29, 1.82) is 0 Å². The quantitative estimate of drug-likeness (QED) is 0.238. The predicted octanol–water partition coefficient (Wildman–Crippen LogP) is 2.77. The standard InChI is InChI=1S/C21H22N2O9/c1-4-30-15-6-7-16(17(10-15)23(27)28)22-20(25)11-32-21(26)12-31-18-8-5-14(13(2)24)9-19(18)29-3/h5-10H,4,11-12H2,1-3H3,(H,22,25). The summed E-state index contributed by atoms with van der Waals surface area (Å²) in [6.07, 6.45) is 0. The van der Waals surface area contributed by atoms with Crippen LogP contribution in [0.1, 0.15) is 24.2 Å². The Morgan fingerprint density at radius 1 is 1.03 bits per heavy atom. The van der Waals surface area contributed by atoms with E-state index in [0.717, 1.165) is 0 Å². The molecule has 2 rings (SSSR count). The van der Waals surface area contributed by atoms with E-state index in [2.05, 4.69) is 5.32 Å². The molecule has 11 heteroatoms. The van der Waals surface area contributed by atoms with Crippen molar-refractivity contribution >= 4 is 29.0 Å². The van der Waals surface area contributed by atoms with Gasteiger partial charge in [0.1, 0.15) is 11.4 Å². The van der Waals surface area contributed by atoms with E-state index in [9.17, 15) is 24.5 Å². The van der Waals surface area contributed by atoms with Crippen LogP contribution >= 0.6 is 0 Å². The Kier molecular flexibility index (Phi) is 8.52. The maximum absolute atomic E-state index is 12.0. The number of methoxy groups -OCH3 is 1. The first-order valence-electron chi connectivity index (χ1n) is 9.43. The van der Waals surface area contributed by atoms with Gasteiger partial charge in [-0.1, -0.05) is 0 Å². The molecule has 0 bridgehead atoms. The fraction of sp³-hybridized carbons (Fsp3) is 0.286. The van der Waals surface area contributed by atoms with Crippen molar-refractivity contribution in [3.05, 3.63) is 52.1 Å². The second-order valence-corrected chi connectivity index (χ2v) is 6.29. The molecule has 0 fully saturated rings. The molecule has 11 nitrogen and oxygen atoms in total. The van der Waals surface area contributed by atoms with Crippen LogP contribution in [0.5, 0.6) is 17.2 Å². The zero-order chi connectivity index (χ0) is 23.7. The van der Waals surface area contributed by atoms with Crippen molar-refractivity contribution in [1.82, 2.24) is 0 Å². The number of hydrogen-bond donors (Lipinski definition) is 1. The van der Waals surface area contributed by atoms with E-state index in [1.807, 2.05) is 0 Å². The minimum absolute atomic E-state index is 0.0638. The van der Waals surface area contributed by atoms with Crippen LogP contribution in [0.3, 0.4) is 0 Å². The first-order chi connectivity index (χ1) is 15.2. The van der Waals surface area contributed by atoms with Crippen molar-refractivity contribution in [2.45, 2.75) is 13.8 Å². The third-order valence-corrected chi connectivity index (χ3v) is 4.03. The third-order valence-electron chi connectivity index (χ3n) is 4.03. The number of nitro benzene ring substituents is 1. The normalized spacial score (nSPS) is 10.1. The van der Waals surface area contributed by atoms with E-state index in [1.54, 1.807) is 6.92 Å². The molecule has 0 aliphatic carbocycles. The summed E-state index contributed by atoms with van der Waals surface area (Å²) >= 11 is 0. The molecule has 0 aromatic heterocycles. The largest absolute Gasteiger partial charge is 0.494 e. The molecule has 0 spiro atoms. The van der Waals surface area contributed by atoms with Gasteiger partial charge in [0.15, 0.2) is 30.5 Å². The number of esters is 1. The topological polar surface area (TPSA) is 143 Å². The Morgan fingerprint density at radius 2 is 1.78 bits per heavy atom. The van der Waals surface area contributed by atoms with Crippen molar-refractivity contribution in [3.63, 3.8) is 0 Å². The van der Waals surface area contributed by atoms with Crippen LogP contribution in [0.4, 0.5) is 11.4 Å². The van der Waals surface area contributed by atoms with Crippen molar-refractivity contribution in [3.8, 4) is 17.2 Å². The number of nitrogens with zero attached hydrogens (tertiary/aromatic N) is 1. The van der Waals surface area contributed by atoms with Gasteiger partial charge in [-0.3, -0.25) is 19.7 Å². The molecule has 0 atom stereocenters. The summed E-state index contributed by atoms with van der Waals surface area (Å²) in [6, 6.07) is 8.44. The maximum atomic E-state index is 12.0. The molecule has 2 aromatic rings. The lowest BCUT2D eigenvalue weighted by Crippen LogP contribution is -2.24. The van der Waals surface area contributed by atoms with Gasteiger partial charge >= 0.3 is 5.97 Å². The van der Waals surface area contributed by atoms with Gasteiger partial charge in [0.2, 0.25) is 0 Å². The summed E-state index contributed by atoms with van der Waals surface area (Å²) in [5, 5.41) is 13.5. The molecule has 0 heterocycles. The van der Waals surface area contributed by atoms with Gasteiger partial charge in [0.05, 0.1) is 24.7 Å². The van der Waals surface area contributed by atoms with Crippen molar-refractivity contribution in [2.75, 3.05) is 32.2 Å². The van der Waals surface area contributed by atoms with Crippen LogP contribution in [0.2, 0.25) is 0 Å². The van der Waals surface area contributed by atoms with Crippen LogP contribution in [-0.2, 0) is 14.3 Å². The van der Waals surface area contributed by atoms with Gasteiger partial charge < -0.3 is 24.3 Å². The first kappa shape index (κ1) is 24.1. The monoisotopic (exact) mass is 446 g/mol. The van der Waals surface area contributed by atoms with Crippen LogP contribution in [0.25, 0.3) is 0 Å². The fourth-order valence-electron chi connectivity index (χ4n) is 2.54. The SMILES string of the molecule is CCOc1ccc(NC(=O)COC(=O)COc2ccc(C(C)=O)cc2OC)c([N+](=O)[O-])c1. The highest BCUT2D eigenvalue weighted by Crippen LogP contribution is 2.29. The Bertz CT molecular complexity index is 1020. The molecule has 0 unspecified atom stereocenters.